The zero-order chi connectivity index (χ0) is 28.3. The minimum Gasteiger partial charge on any atom is -0.368 e. The Kier molecular flexibility index (Phi) is 8.14. The van der Waals surface area contributed by atoms with Crippen LogP contribution in [-0.2, 0) is 16.6 Å². The molecule has 1 fully saturated rings. The van der Waals surface area contributed by atoms with Gasteiger partial charge in [0.2, 0.25) is 0 Å². The van der Waals surface area contributed by atoms with Crippen LogP contribution in [0, 0.1) is 13.8 Å². The number of carbonyl (C=O) groups excluding carboxylic acids is 1. The number of rotatable bonds is 7. The summed E-state index contributed by atoms with van der Waals surface area (Å²) in [6.45, 7) is 6.41. The maximum absolute atomic E-state index is 14.0. The van der Waals surface area contributed by atoms with Crippen LogP contribution in [-0.4, -0.2) is 45.4 Å². The van der Waals surface area contributed by atoms with Gasteiger partial charge in [0.05, 0.1) is 22.7 Å². The molecule has 206 valence electrons. The number of sulfonamides is 1. The highest BCUT2D eigenvalue weighted by molar-refractivity contribution is 7.92. The van der Waals surface area contributed by atoms with Crippen molar-refractivity contribution in [2.45, 2.75) is 25.3 Å². The summed E-state index contributed by atoms with van der Waals surface area (Å²) in [7, 11) is -3.97. The van der Waals surface area contributed by atoms with Crippen LogP contribution >= 0.6 is 11.6 Å². The fourth-order valence-electron chi connectivity index (χ4n) is 5.00. The van der Waals surface area contributed by atoms with E-state index in [0.717, 1.165) is 22.4 Å². The van der Waals surface area contributed by atoms with Gasteiger partial charge >= 0.3 is 0 Å². The fourth-order valence-corrected chi connectivity index (χ4v) is 6.64. The molecule has 1 heterocycles. The Labute approximate surface area is 241 Å². The van der Waals surface area contributed by atoms with Crippen LogP contribution in [0.1, 0.15) is 27.0 Å². The summed E-state index contributed by atoms with van der Waals surface area (Å²) in [6, 6.07) is 29.0. The largest absolute Gasteiger partial charge is 0.368 e. The van der Waals surface area contributed by atoms with Gasteiger partial charge in [-0.2, -0.15) is 0 Å². The van der Waals surface area contributed by atoms with E-state index in [1.165, 1.54) is 4.31 Å². The number of anilines is 2. The van der Waals surface area contributed by atoms with Gasteiger partial charge in [-0.25, -0.2) is 8.42 Å². The van der Waals surface area contributed by atoms with Crippen molar-refractivity contribution >= 4 is 38.9 Å². The van der Waals surface area contributed by atoms with Crippen molar-refractivity contribution in [3.63, 3.8) is 0 Å². The molecule has 1 amide bonds. The Morgan fingerprint density at radius 1 is 0.825 bits per heavy atom. The average molecular weight is 574 g/mol. The Bertz CT molecular complexity index is 1600. The van der Waals surface area contributed by atoms with Crippen LogP contribution in [0.3, 0.4) is 0 Å². The fraction of sp³-hybridized carbons (Fsp3) is 0.219. The molecule has 1 saturated heterocycles. The molecule has 0 aliphatic carbocycles. The van der Waals surface area contributed by atoms with Crippen LogP contribution in [0.25, 0.3) is 0 Å². The molecule has 40 heavy (non-hydrogen) atoms. The number of halogens is 1. The van der Waals surface area contributed by atoms with Crippen LogP contribution in [0.15, 0.2) is 102 Å². The van der Waals surface area contributed by atoms with Crippen molar-refractivity contribution in [3.05, 3.63) is 124 Å². The minimum absolute atomic E-state index is 0.100. The van der Waals surface area contributed by atoms with E-state index < -0.39 is 10.0 Å². The molecule has 0 unspecified atom stereocenters. The number of hydrogen-bond donors (Lipinski definition) is 0. The van der Waals surface area contributed by atoms with Crippen molar-refractivity contribution in [1.82, 2.24) is 4.90 Å². The number of hydrogen-bond acceptors (Lipinski definition) is 4. The quantitative estimate of drug-likeness (QED) is 0.260. The second kappa shape index (κ2) is 11.7. The maximum atomic E-state index is 14.0. The lowest BCUT2D eigenvalue weighted by Gasteiger charge is -2.37. The molecule has 1 aliphatic heterocycles. The monoisotopic (exact) mass is 573 g/mol. The molecular weight excluding hydrogens is 542 g/mol. The average Bonchev–Trinajstić information content (AvgIpc) is 2.97. The third-order valence-electron chi connectivity index (χ3n) is 7.26. The van der Waals surface area contributed by atoms with Crippen molar-refractivity contribution in [1.29, 1.82) is 0 Å². The van der Waals surface area contributed by atoms with Crippen LogP contribution in [0.2, 0.25) is 5.02 Å². The van der Waals surface area contributed by atoms with Gasteiger partial charge in [-0.15, -0.1) is 0 Å². The Morgan fingerprint density at radius 3 is 2.17 bits per heavy atom. The first-order chi connectivity index (χ1) is 19.2. The first-order valence-corrected chi connectivity index (χ1v) is 15.1. The van der Waals surface area contributed by atoms with Gasteiger partial charge in [-0.3, -0.25) is 9.10 Å². The highest BCUT2D eigenvalue weighted by Gasteiger charge is 2.31. The number of benzene rings is 4. The molecule has 4 aromatic rings. The Hall–Kier alpha value is -3.81. The van der Waals surface area contributed by atoms with Gasteiger partial charge in [0.15, 0.2) is 0 Å². The van der Waals surface area contributed by atoms with Gasteiger partial charge in [-0.1, -0.05) is 77.8 Å². The number of para-hydroxylation sites is 1. The summed E-state index contributed by atoms with van der Waals surface area (Å²) in [6.07, 6.45) is 0. The van der Waals surface area contributed by atoms with E-state index in [0.29, 0.717) is 42.5 Å². The van der Waals surface area contributed by atoms with Gasteiger partial charge in [0, 0.05) is 36.9 Å². The molecule has 0 N–H and O–H groups in total. The van der Waals surface area contributed by atoms with E-state index in [2.05, 4.69) is 11.8 Å². The lowest BCUT2D eigenvalue weighted by molar-refractivity contribution is 0.0747. The van der Waals surface area contributed by atoms with Crippen molar-refractivity contribution in [3.8, 4) is 0 Å². The second-order valence-electron chi connectivity index (χ2n) is 10.0. The highest BCUT2D eigenvalue weighted by Crippen LogP contribution is 2.31. The molecular formula is C32H32ClN3O3S. The van der Waals surface area contributed by atoms with E-state index in [4.69, 9.17) is 11.6 Å². The number of nitrogens with zero attached hydrogens (tertiary/aromatic N) is 3. The maximum Gasteiger partial charge on any atom is 0.264 e. The van der Waals surface area contributed by atoms with Crippen LogP contribution in [0.5, 0.6) is 0 Å². The van der Waals surface area contributed by atoms with Crippen molar-refractivity contribution in [2.75, 3.05) is 35.4 Å². The molecule has 5 rings (SSSR count). The molecule has 4 aromatic carbocycles. The lowest BCUT2D eigenvalue weighted by atomic mass is 10.1. The van der Waals surface area contributed by atoms with Gasteiger partial charge in [0.25, 0.3) is 15.9 Å². The Balaban J connectivity index is 1.46. The van der Waals surface area contributed by atoms with E-state index in [-0.39, 0.29) is 17.3 Å². The van der Waals surface area contributed by atoms with E-state index in [9.17, 15) is 13.2 Å². The predicted molar refractivity (Wildman–Crippen MR) is 162 cm³/mol. The standard InChI is InChI=1S/C32H32ClN3O3S/c1-24-12-16-28(17-13-24)40(38,39)36(23-26-8-4-3-5-9-26)30-11-7-6-10-29(30)32(37)35-20-18-34(19-21-35)31-22-27(33)15-14-25(31)2/h3-17,22H,18-21,23H2,1-2H3. The van der Waals surface area contributed by atoms with Crippen LogP contribution in [0.4, 0.5) is 11.4 Å². The van der Waals surface area contributed by atoms with Crippen molar-refractivity contribution < 1.29 is 13.2 Å². The topological polar surface area (TPSA) is 60.9 Å². The molecule has 0 bridgehead atoms. The zero-order valence-electron chi connectivity index (χ0n) is 22.6. The number of aryl methyl sites for hydroxylation is 2. The summed E-state index contributed by atoms with van der Waals surface area (Å²) in [5, 5.41) is 0.682. The lowest BCUT2D eigenvalue weighted by Crippen LogP contribution is -2.49. The summed E-state index contributed by atoms with van der Waals surface area (Å²) in [5.41, 5.74) is 4.72. The predicted octanol–water partition coefficient (Wildman–Crippen LogP) is 6.31. The molecule has 1 aliphatic rings. The molecule has 0 atom stereocenters. The number of carbonyl (C=O) groups is 1. The smallest absolute Gasteiger partial charge is 0.264 e. The second-order valence-corrected chi connectivity index (χ2v) is 12.3. The number of piperazine rings is 1. The normalized spacial score (nSPS) is 13.8. The third-order valence-corrected chi connectivity index (χ3v) is 9.27. The van der Waals surface area contributed by atoms with Gasteiger partial charge in [-0.05, 0) is 61.4 Å². The Morgan fingerprint density at radius 2 is 1.48 bits per heavy atom. The molecule has 8 heteroatoms. The minimum atomic E-state index is -3.97. The summed E-state index contributed by atoms with van der Waals surface area (Å²) in [5.74, 6) is -0.185. The third kappa shape index (κ3) is 5.86. The summed E-state index contributed by atoms with van der Waals surface area (Å²) >= 11 is 6.24. The SMILES string of the molecule is Cc1ccc(S(=O)(=O)N(Cc2ccccc2)c2ccccc2C(=O)N2CCN(c3cc(Cl)ccc3C)CC2)cc1. The molecule has 0 saturated carbocycles. The number of amides is 1. The van der Waals surface area contributed by atoms with E-state index in [1.54, 1.807) is 53.4 Å². The van der Waals surface area contributed by atoms with E-state index in [1.807, 2.05) is 55.5 Å². The first kappa shape index (κ1) is 27.7. The first-order valence-electron chi connectivity index (χ1n) is 13.3. The van der Waals surface area contributed by atoms with E-state index >= 15 is 0 Å². The molecule has 0 aromatic heterocycles. The van der Waals surface area contributed by atoms with Crippen molar-refractivity contribution in [2.24, 2.45) is 0 Å². The van der Waals surface area contributed by atoms with Crippen LogP contribution < -0.4 is 9.21 Å². The summed E-state index contributed by atoms with van der Waals surface area (Å²) in [4.78, 5) is 18.1. The molecule has 6 nitrogen and oxygen atoms in total. The molecule has 0 radical (unpaired) electrons. The molecule has 0 spiro atoms. The highest BCUT2D eigenvalue weighted by atomic mass is 35.5. The summed E-state index contributed by atoms with van der Waals surface area (Å²) < 4.78 is 29.4. The van der Waals surface area contributed by atoms with Gasteiger partial charge in [0.1, 0.15) is 0 Å². The zero-order valence-corrected chi connectivity index (χ0v) is 24.2. The van der Waals surface area contributed by atoms with Gasteiger partial charge < -0.3 is 9.80 Å².